The highest BCUT2D eigenvalue weighted by Gasteiger charge is 2.10. The highest BCUT2D eigenvalue weighted by molar-refractivity contribution is 5.94. The number of ether oxygens (including phenoxy) is 2. The molecule has 0 unspecified atom stereocenters. The molecule has 0 saturated heterocycles. The number of hydrogen-bond donors (Lipinski definition) is 2. The van der Waals surface area contributed by atoms with Gasteiger partial charge in [0.1, 0.15) is 0 Å². The van der Waals surface area contributed by atoms with Gasteiger partial charge < -0.3 is 20.1 Å². The summed E-state index contributed by atoms with van der Waals surface area (Å²) >= 11 is 0. The van der Waals surface area contributed by atoms with Gasteiger partial charge in [0.25, 0.3) is 5.91 Å². The SMILES string of the molecule is COC(=O)c1ccc(NC(=O)CCCC(=O)OCC(=O)Nc2ccccc2)cc1. The molecule has 152 valence electrons. The van der Waals surface area contributed by atoms with E-state index in [9.17, 15) is 19.2 Å². The molecule has 0 aliphatic heterocycles. The summed E-state index contributed by atoms with van der Waals surface area (Å²) in [4.78, 5) is 46.7. The highest BCUT2D eigenvalue weighted by atomic mass is 16.5. The van der Waals surface area contributed by atoms with E-state index in [0.29, 0.717) is 16.9 Å². The van der Waals surface area contributed by atoms with Gasteiger partial charge in [-0.25, -0.2) is 4.79 Å². The number of nitrogens with one attached hydrogen (secondary N) is 2. The second kappa shape index (κ2) is 11.2. The number of hydrogen-bond acceptors (Lipinski definition) is 6. The van der Waals surface area contributed by atoms with Crippen molar-refractivity contribution in [3.63, 3.8) is 0 Å². The van der Waals surface area contributed by atoms with Crippen LogP contribution < -0.4 is 10.6 Å². The molecule has 0 atom stereocenters. The summed E-state index contributed by atoms with van der Waals surface area (Å²) in [7, 11) is 1.29. The van der Waals surface area contributed by atoms with E-state index in [-0.39, 0.29) is 31.8 Å². The molecule has 2 N–H and O–H groups in total. The topological polar surface area (TPSA) is 111 Å². The first kappa shape index (κ1) is 21.6. The zero-order valence-corrected chi connectivity index (χ0v) is 16.0. The molecule has 2 rings (SSSR count). The van der Waals surface area contributed by atoms with E-state index < -0.39 is 17.8 Å². The Kier molecular flexibility index (Phi) is 8.37. The standard InChI is InChI=1S/C21H22N2O6/c1-28-21(27)15-10-12-17(13-11-15)22-18(24)8-5-9-20(26)29-14-19(25)23-16-6-3-2-4-7-16/h2-4,6-7,10-13H,5,8-9,14H2,1H3,(H,22,24)(H,23,25). The second-order valence-corrected chi connectivity index (χ2v) is 6.05. The molecule has 0 bridgehead atoms. The number of carbonyl (C=O) groups excluding carboxylic acids is 4. The molecule has 2 aromatic carbocycles. The average Bonchev–Trinajstić information content (AvgIpc) is 2.73. The first-order valence-electron chi connectivity index (χ1n) is 8.96. The van der Waals surface area contributed by atoms with Crippen LogP contribution in [0.3, 0.4) is 0 Å². The molecule has 2 amide bonds. The average molecular weight is 398 g/mol. The minimum absolute atomic E-state index is 0.0211. The van der Waals surface area contributed by atoms with Crippen LogP contribution in [0.5, 0.6) is 0 Å². The Morgan fingerprint density at radius 3 is 2.07 bits per heavy atom. The molecule has 0 aliphatic rings. The summed E-state index contributed by atoms with van der Waals surface area (Å²) < 4.78 is 9.50. The lowest BCUT2D eigenvalue weighted by molar-refractivity contribution is -0.147. The Hall–Kier alpha value is -3.68. The van der Waals surface area contributed by atoms with Gasteiger partial charge in [-0.2, -0.15) is 0 Å². The number of benzene rings is 2. The van der Waals surface area contributed by atoms with Crippen molar-refractivity contribution in [2.75, 3.05) is 24.4 Å². The van der Waals surface area contributed by atoms with Crippen LogP contribution in [0.25, 0.3) is 0 Å². The van der Waals surface area contributed by atoms with Gasteiger partial charge in [-0.15, -0.1) is 0 Å². The van der Waals surface area contributed by atoms with Crippen LogP contribution in [-0.2, 0) is 23.9 Å². The predicted octanol–water partition coefficient (Wildman–Crippen LogP) is 2.76. The van der Waals surface area contributed by atoms with Crippen LogP contribution in [0.4, 0.5) is 11.4 Å². The van der Waals surface area contributed by atoms with Crippen molar-refractivity contribution in [3.05, 3.63) is 60.2 Å². The fourth-order valence-corrected chi connectivity index (χ4v) is 2.36. The third-order valence-corrected chi connectivity index (χ3v) is 3.80. The van der Waals surface area contributed by atoms with Gasteiger partial charge in [0.05, 0.1) is 12.7 Å². The third-order valence-electron chi connectivity index (χ3n) is 3.80. The number of methoxy groups -OCH3 is 1. The van der Waals surface area contributed by atoms with Crippen LogP contribution in [0.1, 0.15) is 29.6 Å². The molecule has 0 saturated carbocycles. The van der Waals surface area contributed by atoms with Crippen molar-refractivity contribution in [3.8, 4) is 0 Å². The first-order valence-corrected chi connectivity index (χ1v) is 8.96. The highest BCUT2D eigenvalue weighted by Crippen LogP contribution is 2.11. The van der Waals surface area contributed by atoms with Gasteiger partial charge >= 0.3 is 11.9 Å². The predicted molar refractivity (Wildman–Crippen MR) is 106 cm³/mol. The van der Waals surface area contributed by atoms with Crippen LogP contribution in [-0.4, -0.2) is 37.5 Å². The summed E-state index contributed by atoms with van der Waals surface area (Å²) in [5.74, 6) is -1.72. The van der Waals surface area contributed by atoms with E-state index in [1.165, 1.54) is 7.11 Å². The number of para-hydroxylation sites is 1. The van der Waals surface area contributed by atoms with Crippen LogP contribution in [0.2, 0.25) is 0 Å². The Bertz CT molecular complexity index is 849. The Morgan fingerprint density at radius 1 is 0.793 bits per heavy atom. The molecule has 0 heterocycles. The van der Waals surface area contributed by atoms with Crippen molar-refractivity contribution in [1.82, 2.24) is 0 Å². The van der Waals surface area contributed by atoms with Gasteiger partial charge in [0.2, 0.25) is 5.91 Å². The monoisotopic (exact) mass is 398 g/mol. The Labute approximate surface area is 168 Å². The number of anilines is 2. The van der Waals surface area contributed by atoms with E-state index >= 15 is 0 Å². The Morgan fingerprint density at radius 2 is 1.41 bits per heavy atom. The summed E-state index contributed by atoms with van der Waals surface area (Å²) in [5, 5.41) is 5.27. The fraction of sp³-hybridized carbons (Fsp3) is 0.238. The normalized spacial score (nSPS) is 9.97. The number of rotatable bonds is 9. The van der Waals surface area contributed by atoms with Crippen molar-refractivity contribution in [2.24, 2.45) is 0 Å². The van der Waals surface area contributed by atoms with Crippen molar-refractivity contribution >= 4 is 35.1 Å². The van der Waals surface area contributed by atoms with E-state index in [4.69, 9.17) is 4.74 Å². The molecular formula is C21H22N2O6. The smallest absolute Gasteiger partial charge is 0.337 e. The van der Waals surface area contributed by atoms with E-state index in [2.05, 4.69) is 15.4 Å². The molecule has 29 heavy (non-hydrogen) atoms. The van der Waals surface area contributed by atoms with Crippen LogP contribution in [0, 0.1) is 0 Å². The summed E-state index contributed by atoms with van der Waals surface area (Å²) in [5.41, 5.74) is 1.53. The van der Waals surface area contributed by atoms with Gasteiger partial charge in [-0.3, -0.25) is 14.4 Å². The number of carbonyl (C=O) groups is 4. The summed E-state index contributed by atoms with van der Waals surface area (Å²) in [6.45, 7) is -0.382. The molecule has 0 aliphatic carbocycles. The number of esters is 2. The molecule has 8 nitrogen and oxygen atoms in total. The molecule has 0 radical (unpaired) electrons. The van der Waals surface area contributed by atoms with Crippen molar-refractivity contribution in [1.29, 1.82) is 0 Å². The van der Waals surface area contributed by atoms with Crippen molar-refractivity contribution < 1.29 is 28.7 Å². The summed E-state index contributed by atoms with van der Waals surface area (Å²) in [6.07, 6.45) is 0.419. The molecule has 2 aromatic rings. The van der Waals surface area contributed by atoms with Gasteiger partial charge in [-0.1, -0.05) is 18.2 Å². The van der Waals surface area contributed by atoms with Crippen molar-refractivity contribution in [2.45, 2.75) is 19.3 Å². The maximum atomic E-state index is 11.9. The maximum Gasteiger partial charge on any atom is 0.337 e. The summed E-state index contributed by atoms with van der Waals surface area (Å²) in [6, 6.07) is 15.1. The van der Waals surface area contributed by atoms with Gasteiger partial charge in [0, 0.05) is 24.2 Å². The van der Waals surface area contributed by atoms with E-state index in [0.717, 1.165) is 0 Å². The van der Waals surface area contributed by atoms with Crippen LogP contribution >= 0.6 is 0 Å². The Balaban J connectivity index is 1.63. The minimum Gasteiger partial charge on any atom is -0.465 e. The van der Waals surface area contributed by atoms with Gasteiger partial charge in [0.15, 0.2) is 6.61 Å². The molecule has 8 heteroatoms. The lowest BCUT2D eigenvalue weighted by Crippen LogP contribution is -2.21. The van der Waals surface area contributed by atoms with Crippen LogP contribution in [0.15, 0.2) is 54.6 Å². The third kappa shape index (κ3) is 7.84. The zero-order valence-electron chi connectivity index (χ0n) is 16.0. The second-order valence-electron chi connectivity index (χ2n) is 6.05. The minimum atomic E-state index is -0.552. The fourth-order valence-electron chi connectivity index (χ4n) is 2.36. The molecule has 0 spiro atoms. The molecule has 0 fully saturated rings. The first-order chi connectivity index (χ1) is 14.0. The van der Waals surface area contributed by atoms with Gasteiger partial charge in [-0.05, 0) is 42.8 Å². The zero-order chi connectivity index (χ0) is 21.1. The quantitative estimate of drug-likeness (QED) is 0.629. The lowest BCUT2D eigenvalue weighted by atomic mass is 10.2. The van der Waals surface area contributed by atoms with E-state index in [1.54, 1.807) is 48.5 Å². The molecular weight excluding hydrogens is 376 g/mol. The maximum absolute atomic E-state index is 11.9. The number of amides is 2. The largest absolute Gasteiger partial charge is 0.465 e. The van der Waals surface area contributed by atoms with E-state index in [1.807, 2.05) is 6.07 Å². The molecule has 0 aromatic heterocycles. The lowest BCUT2D eigenvalue weighted by Gasteiger charge is -2.07.